The van der Waals surface area contributed by atoms with Gasteiger partial charge in [-0.25, -0.2) is 12.8 Å². The fourth-order valence-electron chi connectivity index (χ4n) is 4.79. The predicted octanol–water partition coefficient (Wildman–Crippen LogP) is 5.19. The summed E-state index contributed by atoms with van der Waals surface area (Å²) in [6.45, 7) is 2.86. The molecule has 44 heavy (non-hydrogen) atoms. The number of carbonyl (C=O) groups excluding carboxylic acids is 2. The normalized spacial score (nSPS) is 11.9. The fraction of sp³-hybridized carbons (Fsp3) is 0.235. The van der Waals surface area contributed by atoms with Crippen LogP contribution in [0.25, 0.3) is 0 Å². The van der Waals surface area contributed by atoms with Crippen LogP contribution in [0.2, 0.25) is 0 Å². The van der Waals surface area contributed by atoms with E-state index >= 15 is 4.39 Å². The molecule has 0 aliphatic carbocycles. The van der Waals surface area contributed by atoms with Crippen LogP contribution in [0.15, 0.2) is 114 Å². The first-order chi connectivity index (χ1) is 21.1. The summed E-state index contributed by atoms with van der Waals surface area (Å²) >= 11 is 0. The number of methoxy groups -OCH3 is 1. The lowest BCUT2D eigenvalue weighted by Crippen LogP contribution is -2.54. The van der Waals surface area contributed by atoms with Gasteiger partial charge in [-0.15, -0.1) is 0 Å². The zero-order valence-electron chi connectivity index (χ0n) is 24.9. The molecular formula is C34H36FN3O5S. The average molecular weight is 618 g/mol. The molecule has 0 aliphatic rings. The molecule has 2 amide bonds. The van der Waals surface area contributed by atoms with Crippen LogP contribution in [0.1, 0.15) is 25.0 Å². The molecule has 0 aliphatic heterocycles. The Bertz CT molecular complexity index is 1670. The molecule has 1 N–H and O–H groups in total. The number of nitrogens with zero attached hydrogens (tertiary/aromatic N) is 2. The van der Waals surface area contributed by atoms with Crippen molar-refractivity contribution in [2.75, 3.05) is 18.0 Å². The van der Waals surface area contributed by atoms with Crippen molar-refractivity contribution in [3.63, 3.8) is 0 Å². The van der Waals surface area contributed by atoms with Crippen molar-refractivity contribution in [3.05, 3.63) is 126 Å². The number of anilines is 1. The number of nitrogens with one attached hydrogen (secondary N) is 1. The largest absolute Gasteiger partial charge is 0.497 e. The van der Waals surface area contributed by atoms with Crippen LogP contribution in [-0.4, -0.2) is 50.9 Å². The van der Waals surface area contributed by atoms with E-state index < -0.39 is 40.2 Å². The molecule has 0 heterocycles. The standard InChI is InChI=1S/C34H36FN3O5S/c1-25(2)36-34(40)32(22-26-13-6-4-7-14-26)37(23-27-15-12-16-28(21-27)43-3)33(39)24-38(31-20-11-10-19-30(31)35)44(41,42)29-17-8-5-9-18-29/h4-21,25,32H,22-24H2,1-3H3,(H,36,40)/t32-/m0/s1. The van der Waals surface area contributed by atoms with E-state index in [2.05, 4.69) is 5.32 Å². The van der Waals surface area contributed by atoms with Crippen molar-refractivity contribution in [2.24, 2.45) is 0 Å². The van der Waals surface area contributed by atoms with Crippen LogP contribution in [0.5, 0.6) is 5.75 Å². The van der Waals surface area contributed by atoms with Crippen molar-refractivity contribution < 1.29 is 27.1 Å². The number of amides is 2. The Labute approximate surface area is 258 Å². The second-order valence-corrected chi connectivity index (χ2v) is 12.4. The summed E-state index contributed by atoms with van der Waals surface area (Å²) in [6.07, 6.45) is 0.167. The third-order valence-electron chi connectivity index (χ3n) is 6.92. The van der Waals surface area contributed by atoms with Crippen LogP contribution in [-0.2, 0) is 32.6 Å². The van der Waals surface area contributed by atoms with Gasteiger partial charge >= 0.3 is 0 Å². The first-order valence-electron chi connectivity index (χ1n) is 14.2. The molecule has 230 valence electrons. The minimum Gasteiger partial charge on any atom is -0.497 e. The molecule has 1 atom stereocenters. The summed E-state index contributed by atoms with van der Waals surface area (Å²) in [7, 11) is -2.86. The average Bonchev–Trinajstić information content (AvgIpc) is 3.02. The Morgan fingerprint density at radius 2 is 1.45 bits per heavy atom. The number of hydrogen-bond acceptors (Lipinski definition) is 5. The van der Waals surface area contributed by atoms with Crippen LogP contribution >= 0.6 is 0 Å². The van der Waals surface area contributed by atoms with E-state index in [1.165, 1.54) is 42.3 Å². The SMILES string of the molecule is COc1cccc(CN(C(=O)CN(c2ccccc2F)S(=O)(=O)c2ccccc2)[C@@H](Cc2ccccc2)C(=O)NC(C)C)c1. The molecule has 4 aromatic rings. The number of benzene rings is 4. The maximum atomic E-state index is 15.2. The summed E-state index contributed by atoms with van der Waals surface area (Å²) in [5.74, 6) is -1.34. The number of para-hydroxylation sites is 1. The molecular weight excluding hydrogens is 581 g/mol. The lowest BCUT2D eigenvalue weighted by atomic mass is 10.0. The minimum absolute atomic E-state index is 0.0322. The van der Waals surface area contributed by atoms with E-state index in [-0.39, 0.29) is 29.6 Å². The lowest BCUT2D eigenvalue weighted by molar-refractivity contribution is -0.140. The van der Waals surface area contributed by atoms with Gasteiger partial charge in [-0.1, -0.05) is 72.8 Å². The molecule has 0 fully saturated rings. The highest BCUT2D eigenvalue weighted by atomic mass is 32.2. The molecule has 0 spiro atoms. The first-order valence-corrected chi connectivity index (χ1v) is 15.6. The van der Waals surface area contributed by atoms with Gasteiger partial charge in [0.15, 0.2) is 0 Å². The monoisotopic (exact) mass is 617 g/mol. The van der Waals surface area contributed by atoms with E-state index in [9.17, 15) is 18.0 Å². The Kier molecular flexibility index (Phi) is 10.7. The van der Waals surface area contributed by atoms with Crippen molar-refractivity contribution in [1.82, 2.24) is 10.2 Å². The first kappa shape index (κ1) is 32.2. The van der Waals surface area contributed by atoms with E-state index in [1.54, 1.807) is 42.5 Å². The number of halogens is 1. The maximum Gasteiger partial charge on any atom is 0.264 e. The highest BCUT2D eigenvalue weighted by molar-refractivity contribution is 7.92. The Morgan fingerprint density at radius 1 is 0.841 bits per heavy atom. The zero-order chi connectivity index (χ0) is 31.7. The number of sulfonamides is 1. The van der Waals surface area contributed by atoms with Crippen molar-refractivity contribution in [2.45, 2.75) is 43.8 Å². The Morgan fingerprint density at radius 3 is 2.09 bits per heavy atom. The number of ether oxygens (including phenoxy) is 1. The molecule has 4 aromatic carbocycles. The van der Waals surface area contributed by atoms with Crippen molar-refractivity contribution in [1.29, 1.82) is 0 Å². The highest BCUT2D eigenvalue weighted by Gasteiger charge is 2.35. The van der Waals surface area contributed by atoms with Crippen molar-refractivity contribution >= 4 is 27.5 Å². The topological polar surface area (TPSA) is 96.0 Å². The second-order valence-electron chi connectivity index (χ2n) is 10.5. The molecule has 0 saturated carbocycles. The summed E-state index contributed by atoms with van der Waals surface area (Å²) in [4.78, 5) is 29.4. The fourth-order valence-corrected chi connectivity index (χ4v) is 6.23. The van der Waals surface area contributed by atoms with Gasteiger partial charge in [0.05, 0.1) is 17.7 Å². The second kappa shape index (κ2) is 14.7. The highest BCUT2D eigenvalue weighted by Crippen LogP contribution is 2.27. The molecule has 0 aromatic heterocycles. The van der Waals surface area contributed by atoms with Crippen molar-refractivity contribution in [3.8, 4) is 5.75 Å². The molecule has 0 saturated heterocycles. The Hall–Kier alpha value is -4.70. The summed E-state index contributed by atoms with van der Waals surface area (Å²) in [5.41, 5.74) is 1.19. The summed E-state index contributed by atoms with van der Waals surface area (Å²) in [6, 6.07) is 28.0. The van der Waals surface area contributed by atoms with E-state index in [0.717, 1.165) is 15.9 Å². The van der Waals surface area contributed by atoms with Gasteiger partial charge < -0.3 is 15.0 Å². The zero-order valence-corrected chi connectivity index (χ0v) is 25.7. The lowest BCUT2D eigenvalue weighted by Gasteiger charge is -2.34. The van der Waals surface area contributed by atoms with E-state index in [0.29, 0.717) is 11.3 Å². The smallest absolute Gasteiger partial charge is 0.264 e. The predicted molar refractivity (Wildman–Crippen MR) is 168 cm³/mol. The quantitative estimate of drug-likeness (QED) is 0.223. The third-order valence-corrected chi connectivity index (χ3v) is 8.69. The molecule has 0 bridgehead atoms. The van der Waals surface area contributed by atoms with E-state index in [1.807, 2.05) is 44.2 Å². The number of rotatable bonds is 13. The molecule has 8 nitrogen and oxygen atoms in total. The van der Waals surface area contributed by atoms with Gasteiger partial charge in [0.2, 0.25) is 11.8 Å². The van der Waals surface area contributed by atoms with E-state index in [4.69, 9.17) is 4.74 Å². The van der Waals surface area contributed by atoms with Gasteiger partial charge in [-0.05, 0) is 61.4 Å². The third kappa shape index (κ3) is 8.02. The molecule has 10 heteroatoms. The van der Waals surface area contributed by atoms with Crippen LogP contribution in [0.3, 0.4) is 0 Å². The molecule has 0 radical (unpaired) electrons. The van der Waals surface area contributed by atoms with Gasteiger partial charge in [0, 0.05) is 19.0 Å². The van der Waals surface area contributed by atoms with Crippen LogP contribution in [0.4, 0.5) is 10.1 Å². The molecule has 0 unspecified atom stereocenters. The van der Waals surface area contributed by atoms with Gasteiger partial charge in [-0.3, -0.25) is 13.9 Å². The number of hydrogen-bond donors (Lipinski definition) is 1. The van der Waals surface area contributed by atoms with Gasteiger partial charge in [0.1, 0.15) is 24.2 Å². The van der Waals surface area contributed by atoms with Crippen LogP contribution in [0, 0.1) is 5.82 Å². The van der Waals surface area contributed by atoms with Gasteiger partial charge in [-0.2, -0.15) is 0 Å². The summed E-state index contributed by atoms with van der Waals surface area (Å²) < 4.78 is 49.1. The molecule has 4 rings (SSSR count). The van der Waals surface area contributed by atoms with Gasteiger partial charge in [0.25, 0.3) is 10.0 Å². The Balaban J connectivity index is 1.82. The maximum absolute atomic E-state index is 15.2. The minimum atomic E-state index is -4.39. The van der Waals surface area contributed by atoms with Crippen LogP contribution < -0.4 is 14.4 Å². The number of carbonyl (C=O) groups is 2. The summed E-state index contributed by atoms with van der Waals surface area (Å²) in [5, 5.41) is 2.91.